The summed E-state index contributed by atoms with van der Waals surface area (Å²) in [6.45, 7) is 3.49. The largest absolute Gasteiger partial charge is 0.386 e. The fourth-order valence-electron chi connectivity index (χ4n) is 4.31. The van der Waals surface area contributed by atoms with E-state index in [1.165, 1.54) is 30.3 Å². The maximum atomic E-state index is 13.3. The van der Waals surface area contributed by atoms with Gasteiger partial charge in [0.25, 0.3) is 6.43 Å². The lowest BCUT2D eigenvalue weighted by Gasteiger charge is -2.27. The Morgan fingerprint density at radius 1 is 1.06 bits per heavy atom. The molecule has 2 aliphatic rings. The first-order chi connectivity index (χ1) is 14.7. The van der Waals surface area contributed by atoms with Gasteiger partial charge in [0.2, 0.25) is 0 Å². The predicted octanol–water partition coefficient (Wildman–Crippen LogP) is 3.66. The molecule has 31 heavy (non-hydrogen) atoms. The van der Waals surface area contributed by atoms with Crippen LogP contribution in [-0.2, 0) is 14.2 Å². The van der Waals surface area contributed by atoms with Gasteiger partial charge in [0.05, 0.1) is 0 Å². The van der Waals surface area contributed by atoms with Crippen LogP contribution in [0.4, 0.5) is 13.2 Å². The Kier molecular flexibility index (Phi) is 4.78. The van der Waals surface area contributed by atoms with Gasteiger partial charge in [0.15, 0.2) is 12.0 Å². The summed E-state index contributed by atoms with van der Waals surface area (Å²) in [5, 5.41) is 11.2. The first-order valence-electron chi connectivity index (χ1n) is 9.79. The molecule has 0 unspecified atom stereocenters. The average Bonchev–Trinajstić information content (AvgIpc) is 3.38. The van der Waals surface area contributed by atoms with Crippen LogP contribution in [-0.4, -0.2) is 43.7 Å². The van der Waals surface area contributed by atoms with Crippen molar-refractivity contribution in [1.82, 2.24) is 14.5 Å². The third kappa shape index (κ3) is 3.39. The molecule has 1 aromatic carbocycles. The third-order valence-electron chi connectivity index (χ3n) is 5.61. The smallest absolute Gasteiger partial charge is 0.281 e. The SMILES string of the molecule is CC1(C)O[C@H]2[C@@H](O1)[C@H](n1ccc3c(C(F)F)ncnc31)O[C@@H]2[C@H](O)c1ccc(F)cc1. The van der Waals surface area contributed by atoms with Crippen molar-refractivity contribution in [3.8, 4) is 0 Å². The molecule has 0 spiro atoms. The Hall–Kier alpha value is -2.53. The van der Waals surface area contributed by atoms with E-state index in [0.29, 0.717) is 5.56 Å². The Morgan fingerprint density at radius 3 is 2.48 bits per heavy atom. The van der Waals surface area contributed by atoms with Crippen LogP contribution >= 0.6 is 0 Å². The molecule has 7 nitrogen and oxygen atoms in total. The van der Waals surface area contributed by atoms with Crippen molar-refractivity contribution in [2.24, 2.45) is 0 Å². The molecule has 2 aliphatic heterocycles. The molecule has 0 saturated carbocycles. The number of aromatic nitrogens is 3. The highest BCUT2D eigenvalue weighted by atomic mass is 19.3. The van der Waals surface area contributed by atoms with Crippen LogP contribution in [0, 0.1) is 5.82 Å². The highest BCUT2D eigenvalue weighted by Crippen LogP contribution is 2.47. The molecule has 164 valence electrons. The van der Waals surface area contributed by atoms with Gasteiger partial charge in [-0.25, -0.2) is 23.1 Å². The summed E-state index contributed by atoms with van der Waals surface area (Å²) in [4.78, 5) is 7.84. The summed E-state index contributed by atoms with van der Waals surface area (Å²) in [5.74, 6) is -1.36. The zero-order chi connectivity index (χ0) is 21.9. The number of hydrogen-bond donors (Lipinski definition) is 1. The summed E-state index contributed by atoms with van der Waals surface area (Å²) in [7, 11) is 0. The molecular weight excluding hydrogens is 415 g/mol. The van der Waals surface area contributed by atoms with Gasteiger partial charge in [-0.2, -0.15) is 0 Å². The highest BCUT2D eigenvalue weighted by Gasteiger charge is 2.58. The van der Waals surface area contributed by atoms with Crippen LogP contribution in [0.15, 0.2) is 42.9 Å². The first kappa shape index (κ1) is 20.4. The second-order valence-corrected chi connectivity index (χ2v) is 8.07. The van der Waals surface area contributed by atoms with Crippen molar-refractivity contribution >= 4 is 11.0 Å². The number of nitrogens with zero attached hydrogens (tertiary/aromatic N) is 3. The number of ether oxygens (including phenoxy) is 3. The van der Waals surface area contributed by atoms with Crippen molar-refractivity contribution in [3.63, 3.8) is 0 Å². The monoisotopic (exact) mass is 435 g/mol. The minimum absolute atomic E-state index is 0.207. The number of fused-ring (bicyclic) bond motifs is 2. The Bertz CT molecular complexity index is 1100. The van der Waals surface area contributed by atoms with E-state index < -0.39 is 48.7 Å². The zero-order valence-corrected chi connectivity index (χ0v) is 16.7. The summed E-state index contributed by atoms with van der Waals surface area (Å²) in [5.41, 5.74) is 0.350. The Labute approximate surface area is 175 Å². The average molecular weight is 435 g/mol. The van der Waals surface area contributed by atoms with E-state index >= 15 is 0 Å². The lowest BCUT2D eigenvalue weighted by Crippen LogP contribution is -2.34. The highest BCUT2D eigenvalue weighted by molar-refractivity contribution is 5.78. The van der Waals surface area contributed by atoms with Gasteiger partial charge in [0.1, 0.15) is 47.9 Å². The minimum atomic E-state index is -2.75. The molecule has 3 aromatic rings. The van der Waals surface area contributed by atoms with E-state index in [1.807, 2.05) is 0 Å². The lowest BCUT2D eigenvalue weighted by atomic mass is 9.99. The van der Waals surface area contributed by atoms with Crippen LogP contribution in [0.3, 0.4) is 0 Å². The molecule has 5 rings (SSSR count). The van der Waals surface area contributed by atoms with Gasteiger partial charge in [-0.3, -0.25) is 0 Å². The van der Waals surface area contributed by atoms with E-state index in [9.17, 15) is 18.3 Å². The van der Waals surface area contributed by atoms with Crippen molar-refractivity contribution in [2.75, 3.05) is 0 Å². The van der Waals surface area contributed by atoms with Crippen molar-refractivity contribution in [2.45, 2.75) is 56.7 Å². The molecule has 10 heteroatoms. The fraction of sp³-hybridized carbons (Fsp3) is 0.429. The summed E-state index contributed by atoms with van der Waals surface area (Å²) >= 11 is 0. The van der Waals surface area contributed by atoms with Gasteiger partial charge >= 0.3 is 0 Å². The minimum Gasteiger partial charge on any atom is -0.386 e. The normalized spacial score (nSPS) is 28.4. The van der Waals surface area contributed by atoms with Crippen LogP contribution in [0.25, 0.3) is 11.0 Å². The lowest BCUT2D eigenvalue weighted by molar-refractivity contribution is -0.207. The van der Waals surface area contributed by atoms with Crippen molar-refractivity contribution in [1.29, 1.82) is 0 Å². The van der Waals surface area contributed by atoms with Gasteiger partial charge in [-0.15, -0.1) is 0 Å². The number of alkyl halides is 2. The third-order valence-corrected chi connectivity index (χ3v) is 5.61. The van der Waals surface area contributed by atoms with Gasteiger partial charge in [0, 0.05) is 11.6 Å². The molecule has 2 saturated heterocycles. The molecule has 2 fully saturated rings. The maximum Gasteiger partial charge on any atom is 0.281 e. The molecule has 1 N–H and O–H groups in total. The summed E-state index contributed by atoms with van der Waals surface area (Å²) in [6.07, 6.45) is -4.12. The summed E-state index contributed by atoms with van der Waals surface area (Å²) < 4.78 is 59.8. The quantitative estimate of drug-likeness (QED) is 0.674. The van der Waals surface area contributed by atoms with Crippen LogP contribution in [0.1, 0.15) is 43.9 Å². The molecule has 2 aromatic heterocycles. The van der Waals surface area contributed by atoms with Crippen LogP contribution < -0.4 is 0 Å². The molecule has 5 atom stereocenters. The van der Waals surface area contributed by atoms with E-state index in [-0.39, 0.29) is 16.7 Å². The number of aliphatic hydroxyl groups excluding tert-OH is 1. The van der Waals surface area contributed by atoms with E-state index in [2.05, 4.69) is 9.97 Å². The number of hydrogen-bond acceptors (Lipinski definition) is 6. The summed E-state index contributed by atoms with van der Waals surface area (Å²) in [6, 6.07) is 6.95. The fourth-order valence-corrected chi connectivity index (χ4v) is 4.31. The Balaban J connectivity index is 1.53. The topological polar surface area (TPSA) is 78.6 Å². The van der Waals surface area contributed by atoms with Crippen molar-refractivity contribution in [3.05, 3.63) is 59.9 Å². The van der Waals surface area contributed by atoms with Crippen LogP contribution in [0.5, 0.6) is 0 Å². The standard InChI is InChI=1S/C21H20F3N3O4/c1-21(2)30-16-15(14(28)10-3-5-11(22)6-4-10)29-20(17(16)31-21)27-8-7-12-13(18(23)24)25-9-26-19(12)27/h3-9,14-18,20,28H,1-2H3/t14-,15-,16-,17-,20-/m1/s1. The number of aliphatic hydroxyl groups is 1. The molecular formula is C21H20F3N3O4. The molecule has 0 radical (unpaired) electrons. The van der Waals surface area contributed by atoms with E-state index in [4.69, 9.17) is 14.2 Å². The first-order valence-corrected chi connectivity index (χ1v) is 9.79. The van der Waals surface area contributed by atoms with Gasteiger partial charge in [-0.1, -0.05) is 12.1 Å². The molecule has 0 amide bonds. The van der Waals surface area contributed by atoms with E-state index in [0.717, 1.165) is 6.33 Å². The number of benzene rings is 1. The molecule has 0 aliphatic carbocycles. The van der Waals surface area contributed by atoms with Crippen molar-refractivity contribution < 1.29 is 32.5 Å². The molecule has 4 heterocycles. The molecule has 0 bridgehead atoms. The number of rotatable bonds is 4. The van der Waals surface area contributed by atoms with Gasteiger partial charge < -0.3 is 23.9 Å². The second-order valence-electron chi connectivity index (χ2n) is 8.07. The second kappa shape index (κ2) is 7.27. The van der Waals surface area contributed by atoms with E-state index in [1.54, 1.807) is 24.6 Å². The number of halogens is 3. The Morgan fingerprint density at radius 2 is 1.77 bits per heavy atom. The maximum absolute atomic E-state index is 13.3. The zero-order valence-electron chi connectivity index (χ0n) is 16.7. The van der Waals surface area contributed by atoms with Crippen LogP contribution in [0.2, 0.25) is 0 Å². The van der Waals surface area contributed by atoms with Gasteiger partial charge in [-0.05, 0) is 37.6 Å². The predicted molar refractivity (Wildman–Crippen MR) is 102 cm³/mol.